The highest BCUT2D eigenvalue weighted by atomic mass is 35.5. The predicted octanol–water partition coefficient (Wildman–Crippen LogP) is 1.08. The van der Waals surface area contributed by atoms with Crippen molar-refractivity contribution in [3.8, 4) is 0 Å². The van der Waals surface area contributed by atoms with Crippen molar-refractivity contribution in [1.82, 2.24) is 14.8 Å². The molecule has 2 aliphatic heterocycles. The number of nitro groups is 1. The molecule has 148 valence electrons. The Hall–Kier alpha value is -3.01. The van der Waals surface area contributed by atoms with Gasteiger partial charge in [0.05, 0.1) is 4.92 Å². The van der Waals surface area contributed by atoms with Crippen molar-refractivity contribution in [3.05, 3.63) is 86.1 Å². The summed E-state index contributed by atoms with van der Waals surface area (Å²) in [5.74, 6) is -0.710. The van der Waals surface area contributed by atoms with Gasteiger partial charge >= 0.3 is 5.70 Å². The Kier molecular flexibility index (Phi) is 3.58. The molecule has 1 aromatic heterocycles. The summed E-state index contributed by atoms with van der Waals surface area (Å²) in [7, 11) is 0. The lowest BCUT2D eigenvalue weighted by Crippen LogP contribution is -2.59. The van der Waals surface area contributed by atoms with E-state index in [1.165, 1.54) is 17.0 Å². The van der Waals surface area contributed by atoms with Gasteiger partial charge in [-0.1, -0.05) is 41.9 Å². The van der Waals surface area contributed by atoms with Crippen LogP contribution in [0.3, 0.4) is 0 Å². The molecule has 0 spiro atoms. The van der Waals surface area contributed by atoms with Crippen LogP contribution >= 0.6 is 11.6 Å². The number of benzene rings is 1. The van der Waals surface area contributed by atoms with E-state index in [1.807, 2.05) is 0 Å². The van der Waals surface area contributed by atoms with E-state index >= 15 is 0 Å². The van der Waals surface area contributed by atoms with Crippen molar-refractivity contribution in [2.45, 2.75) is 17.9 Å². The number of pyridine rings is 1. The van der Waals surface area contributed by atoms with Crippen LogP contribution in [0, 0.1) is 10.1 Å². The third-order valence-electron chi connectivity index (χ3n) is 5.82. The Labute approximate surface area is 169 Å². The molecule has 29 heavy (non-hydrogen) atoms. The van der Waals surface area contributed by atoms with Gasteiger partial charge in [0.2, 0.25) is 17.1 Å². The highest BCUT2D eigenvalue weighted by Crippen LogP contribution is 2.58. The molecule has 5 rings (SSSR count). The zero-order chi connectivity index (χ0) is 20.6. The van der Waals surface area contributed by atoms with Crippen molar-refractivity contribution < 1.29 is 19.9 Å². The number of aliphatic hydroxyl groups is 2. The predicted molar refractivity (Wildman–Crippen MR) is 100 cm³/mol. The number of rotatable bonds is 3. The Balaban J connectivity index is 1.68. The first-order valence-corrected chi connectivity index (χ1v) is 9.29. The van der Waals surface area contributed by atoms with Crippen LogP contribution in [-0.4, -0.2) is 54.5 Å². The number of hydrogen-bond acceptors (Lipinski definition) is 8. The van der Waals surface area contributed by atoms with Gasteiger partial charge in [-0.05, 0) is 11.6 Å². The minimum Gasteiger partial charge on any atom is -0.370 e. The topological polar surface area (TPSA) is 120 Å². The number of Topliss-reactive ketones (excluding diaryl/α,β-unsaturated/α-hetero) is 1. The molecule has 1 fully saturated rings. The van der Waals surface area contributed by atoms with E-state index < -0.39 is 27.7 Å². The zero-order valence-corrected chi connectivity index (χ0v) is 15.7. The molecule has 0 amide bonds. The molecule has 3 heterocycles. The molecule has 2 atom stereocenters. The Bertz CT molecular complexity index is 1100. The summed E-state index contributed by atoms with van der Waals surface area (Å²) in [4.78, 5) is 31.4. The molecule has 1 saturated heterocycles. The maximum absolute atomic E-state index is 13.1. The fourth-order valence-corrected chi connectivity index (χ4v) is 4.70. The molecule has 9 nitrogen and oxygen atoms in total. The number of nitrogens with zero attached hydrogens (tertiary/aromatic N) is 4. The fraction of sp³-hybridized carbons (Fsp3) is 0.263. The van der Waals surface area contributed by atoms with Crippen LogP contribution in [0.25, 0.3) is 0 Å². The molecule has 2 unspecified atom stereocenters. The average Bonchev–Trinajstić information content (AvgIpc) is 3.24. The van der Waals surface area contributed by atoms with Crippen LogP contribution < -0.4 is 0 Å². The molecule has 0 bridgehead atoms. The summed E-state index contributed by atoms with van der Waals surface area (Å²) in [5.41, 5.74) is -4.66. The second-order valence-electron chi connectivity index (χ2n) is 7.25. The van der Waals surface area contributed by atoms with Gasteiger partial charge in [0.25, 0.3) is 0 Å². The summed E-state index contributed by atoms with van der Waals surface area (Å²) in [5, 5.41) is 35.3. The van der Waals surface area contributed by atoms with Crippen LogP contribution in [0.5, 0.6) is 0 Å². The highest BCUT2D eigenvalue weighted by Gasteiger charge is 2.78. The van der Waals surface area contributed by atoms with Gasteiger partial charge in [-0.15, -0.1) is 0 Å². The van der Waals surface area contributed by atoms with Crippen molar-refractivity contribution >= 4 is 17.4 Å². The van der Waals surface area contributed by atoms with Crippen LogP contribution in [0.2, 0.25) is 5.15 Å². The molecule has 10 heteroatoms. The second-order valence-corrected chi connectivity index (χ2v) is 7.64. The summed E-state index contributed by atoms with van der Waals surface area (Å²) >= 11 is 5.81. The van der Waals surface area contributed by atoms with Gasteiger partial charge in [0.1, 0.15) is 5.15 Å². The van der Waals surface area contributed by atoms with Gasteiger partial charge in [-0.25, -0.2) is 4.98 Å². The zero-order valence-electron chi connectivity index (χ0n) is 14.9. The van der Waals surface area contributed by atoms with Crippen LogP contribution in [-0.2, 0) is 12.1 Å². The Morgan fingerprint density at radius 1 is 1.21 bits per heavy atom. The normalized spacial score (nSPS) is 27.3. The largest absolute Gasteiger partial charge is 0.370 e. The first-order valence-electron chi connectivity index (χ1n) is 8.91. The standard InChI is InChI=1S/C19H15ClN4O5/c20-14-6-5-11(9-21-14)10-22-7-8-23-17(22)15(24(28)29)18(26)13-4-2-1-3-12(13)16(25)19(18,23)27/h1-6,9,26-27H,7-8,10H2. The van der Waals surface area contributed by atoms with E-state index in [-0.39, 0.29) is 30.0 Å². The van der Waals surface area contributed by atoms with E-state index in [4.69, 9.17) is 11.6 Å². The lowest BCUT2D eigenvalue weighted by Gasteiger charge is -2.34. The molecule has 1 aromatic carbocycles. The van der Waals surface area contributed by atoms with Crippen LogP contribution in [0.1, 0.15) is 21.5 Å². The first kappa shape index (κ1) is 18.0. The minimum absolute atomic E-state index is 0.0363. The number of halogens is 1. The minimum atomic E-state index is -2.46. The quantitative estimate of drug-likeness (QED) is 0.435. The highest BCUT2D eigenvalue weighted by molar-refractivity contribution is 6.29. The molecule has 1 aliphatic carbocycles. The monoisotopic (exact) mass is 414 g/mol. The van der Waals surface area contributed by atoms with E-state index in [0.717, 1.165) is 5.56 Å². The average molecular weight is 415 g/mol. The Morgan fingerprint density at radius 2 is 1.97 bits per heavy atom. The number of carbonyl (C=O) groups excluding carboxylic acids is 1. The Morgan fingerprint density at radius 3 is 2.66 bits per heavy atom. The van der Waals surface area contributed by atoms with E-state index in [9.17, 15) is 25.1 Å². The number of fused-ring (bicyclic) bond motifs is 5. The number of hydrogen-bond donors (Lipinski definition) is 2. The fourth-order valence-electron chi connectivity index (χ4n) is 4.59. The molecular formula is C19H15ClN4O5. The van der Waals surface area contributed by atoms with Crippen molar-refractivity contribution in [1.29, 1.82) is 0 Å². The van der Waals surface area contributed by atoms with Gasteiger partial charge in [-0.2, -0.15) is 0 Å². The number of carbonyl (C=O) groups is 1. The molecule has 0 saturated carbocycles. The maximum atomic E-state index is 13.1. The summed E-state index contributed by atoms with van der Waals surface area (Å²) in [6.07, 6.45) is 1.55. The second kappa shape index (κ2) is 5.76. The molecule has 2 N–H and O–H groups in total. The summed E-state index contributed by atoms with van der Waals surface area (Å²) < 4.78 is 0. The number of aromatic nitrogens is 1. The molecule has 3 aliphatic rings. The summed E-state index contributed by atoms with van der Waals surface area (Å²) in [6.45, 7) is 0.721. The van der Waals surface area contributed by atoms with Gasteiger partial charge in [-0.3, -0.25) is 14.9 Å². The molecule has 0 radical (unpaired) electrons. The number of ketones is 1. The lowest BCUT2D eigenvalue weighted by molar-refractivity contribution is -0.450. The third-order valence-corrected chi connectivity index (χ3v) is 6.04. The van der Waals surface area contributed by atoms with Gasteiger partial charge < -0.3 is 20.0 Å². The van der Waals surface area contributed by atoms with Crippen molar-refractivity contribution in [2.24, 2.45) is 0 Å². The maximum Gasteiger partial charge on any atom is 0.327 e. The third kappa shape index (κ3) is 2.06. The van der Waals surface area contributed by atoms with E-state index in [1.54, 1.807) is 35.4 Å². The van der Waals surface area contributed by atoms with E-state index in [0.29, 0.717) is 11.7 Å². The molecule has 2 aromatic rings. The van der Waals surface area contributed by atoms with Crippen LogP contribution in [0.15, 0.2) is 54.1 Å². The van der Waals surface area contributed by atoms with Crippen molar-refractivity contribution in [3.63, 3.8) is 0 Å². The molecular weight excluding hydrogens is 400 g/mol. The van der Waals surface area contributed by atoms with Gasteiger partial charge in [0, 0.05) is 37.0 Å². The first-order chi connectivity index (χ1) is 13.8. The van der Waals surface area contributed by atoms with Crippen LogP contribution in [0.4, 0.5) is 0 Å². The SMILES string of the molecule is O=C1c2ccccc2C2(O)C([N+](=O)[O-])=C3N(Cc4ccc(Cl)nc4)CCN3C12O. The van der Waals surface area contributed by atoms with E-state index in [2.05, 4.69) is 4.98 Å². The van der Waals surface area contributed by atoms with Gasteiger partial charge in [0.15, 0.2) is 5.82 Å². The summed E-state index contributed by atoms with van der Waals surface area (Å²) in [6, 6.07) is 9.40. The van der Waals surface area contributed by atoms with Crippen molar-refractivity contribution in [2.75, 3.05) is 13.1 Å². The smallest absolute Gasteiger partial charge is 0.327 e. The lowest BCUT2D eigenvalue weighted by atomic mass is 9.88.